The normalized spacial score (nSPS) is 13.2. The van der Waals surface area contributed by atoms with Crippen molar-refractivity contribution in [2.24, 2.45) is 0 Å². The molecule has 156 valence electrons. The van der Waals surface area contributed by atoms with Gasteiger partial charge in [-0.2, -0.15) is 0 Å². The number of aryl methyl sites for hydroxylation is 2. The fourth-order valence-corrected chi connectivity index (χ4v) is 5.82. The van der Waals surface area contributed by atoms with Crippen molar-refractivity contribution in [1.29, 1.82) is 0 Å². The van der Waals surface area contributed by atoms with Crippen LogP contribution >= 0.6 is 23.1 Å². The van der Waals surface area contributed by atoms with Gasteiger partial charge in [-0.15, -0.1) is 11.3 Å². The number of thiazole rings is 1. The van der Waals surface area contributed by atoms with Crippen molar-refractivity contribution in [3.05, 3.63) is 77.1 Å². The summed E-state index contributed by atoms with van der Waals surface area (Å²) in [5.41, 5.74) is 3.16. The van der Waals surface area contributed by atoms with Crippen molar-refractivity contribution in [2.45, 2.75) is 37.3 Å². The molecule has 1 aliphatic rings. The van der Waals surface area contributed by atoms with Gasteiger partial charge in [0.25, 0.3) is 0 Å². The molecule has 5 rings (SSSR count). The van der Waals surface area contributed by atoms with Crippen LogP contribution in [0.1, 0.15) is 29.0 Å². The minimum atomic E-state index is 0.0441. The summed E-state index contributed by atoms with van der Waals surface area (Å²) in [5.74, 6) is 0.348. The molecule has 4 aromatic rings. The lowest BCUT2D eigenvalue weighted by Gasteiger charge is -2.20. The van der Waals surface area contributed by atoms with Gasteiger partial charge in [0, 0.05) is 10.3 Å². The van der Waals surface area contributed by atoms with Gasteiger partial charge in [-0.3, -0.25) is 9.69 Å². The van der Waals surface area contributed by atoms with Crippen molar-refractivity contribution >= 4 is 45.0 Å². The summed E-state index contributed by atoms with van der Waals surface area (Å²) in [6, 6.07) is 18.0. The highest BCUT2D eigenvalue weighted by molar-refractivity contribution is 8.00. The molecule has 0 N–H and O–H groups in total. The minimum absolute atomic E-state index is 0.0441. The average Bonchev–Trinajstić information content (AvgIpc) is 3.25. The molecular weight excluding hydrogens is 424 g/mol. The molecule has 1 aliphatic carbocycles. The number of para-hydroxylation sites is 1. The molecule has 0 saturated heterocycles. The number of thioether (sulfide) groups is 1. The average molecular weight is 447 g/mol. The molecule has 0 fully saturated rings. The number of fused-ring (bicyclic) bond motifs is 2. The van der Waals surface area contributed by atoms with Crippen LogP contribution in [0.5, 0.6) is 0 Å². The number of benzene rings is 2. The second kappa shape index (κ2) is 9.16. The fourth-order valence-electron chi connectivity index (χ4n) is 3.79. The number of carbonyl (C=O) groups is 1. The molecule has 0 radical (unpaired) electrons. The van der Waals surface area contributed by atoms with Crippen molar-refractivity contribution in [2.75, 3.05) is 10.7 Å². The van der Waals surface area contributed by atoms with E-state index >= 15 is 0 Å². The molecular formula is C24H22N4OS2. The predicted octanol–water partition coefficient (Wildman–Crippen LogP) is 5.29. The Morgan fingerprint density at radius 3 is 2.68 bits per heavy atom. The Morgan fingerprint density at radius 2 is 1.81 bits per heavy atom. The van der Waals surface area contributed by atoms with E-state index in [1.165, 1.54) is 35.2 Å². The lowest BCUT2D eigenvalue weighted by atomic mass is 10.0. The van der Waals surface area contributed by atoms with Crippen LogP contribution < -0.4 is 4.90 Å². The van der Waals surface area contributed by atoms with Gasteiger partial charge in [-0.1, -0.05) is 60.3 Å². The Bertz CT molecular complexity index is 1180. The molecule has 2 heterocycles. The summed E-state index contributed by atoms with van der Waals surface area (Å²) in [6.45, 7) is 0.525. The smallest absolute Gasteiger partial charge is 0.239 e. The van der Waals surface area contributed by atoms with E-state index in [0.717, 1.165) is 39.5 Å². The van der Waals surface area contributed by atoms with Crippen molar-refractivity contribution in [1.82, 2.24) is 15.0 Å². The predicted molar refractivity (Wildman–Crippen MR) is 127 cm³/mol. The third-order valence-electron chi connectivity index (χ3n) is 5.39. The zero-order valence-corrected chi connectivity index (χ0v) is 18.7. The Morgan fingerprint density at radius 1 is 1.00 bits per heavy atom. The van der Waals surface area contributed by atoms with E-state index in [2.05, 4.69) is 22.1 Å². The molecule has 1 amide bonds. The number of carbonyl (C=O) groups excluding carboxylic acids is 1. The monoisotopic (exact) mass is 446 g/mol. The van der Waals surface area contributed by atoms with Crippen LogP contribution in [0.15, 0.2) is 66.0 Å². The maximum absolute atomic E-state index is 13.4. The van der Waals surface area contributed by atoms with E-state index < -0.39 is 0 Å². The molecule has 2 aromatic carbocycles. The first kappa shape index (κ1) is 20.2. The van der Waals surface area contributed by atoms with Crippen LogP contribution in [-0.2, 0) is 24.2 Å². The Hall–Kier alpha value is -2.77. The summed E-state index contributed by atoms with van der Waals surface area (Å²) < 4.78 is 0. The van der Waals surface area contributed by atoms with Gasteiger partial charge < -0.3 is 0 Å². The van der Waals surface area contributed by atoms with Gasteiger partial charge in [0.05, 0.1) is 23.5 Å². The zero-order chi connectivity index (χ0) is 21.0. The van der Waals surface area contributed by atoms with Gasteiger partial charge in [0.2, 0.25) is 5.91 Å². The van der Waals surface area contributed by atoms with E-state index in [-0.39, 0.29) is 5.91 Å². The van der Waals surface area contributed by atoms with Crippen molar-refractivity contribution < 1.29 is 4.79 Å². The lowest BCUT2D eigenvalue weighted by Crippen LogP contribution is -2.32. The van der Waals surface area contributed by atoms with Crippen LogP contribution in [0.25, 0.3) is 10.9 Å². The first-order valence-electron chi connectivity index (χ1n) is 10.4. The largest absolute Gasteiger partial charge is 0.283 e. The standard InChI is InChI=1S/C24H22N4OS2/c29-22(15-30-23-18-10-4-5-11-19(18)25-16-26-23)28(14-17-8-2-1-3-9-17)24-27-20-12-6-7-13-21(20)31-24/h1-5,8-11,16H,6-7,12-15H2. The Balaban J connectivity index is 1.40. The highest BCUT2D eigenvalue weighted by Crippen LogP contribution is 2.33. The molecule has 0 unspecified atom stereocenters. The second-order valence-corrected chi connectivity index (χ2v) is 9.55. The van der Waals surface area contributed by atoms with Gasteiger partial charge in [0.15, 0.2) is 5.13 Å². The van der Waals surface area contributed by atoms with Crippen LogP contribution in [0, 0.1) is 0 Å². The summed E-state index contributed by atoms with van der Waals surface area (Å²) in [4.78, 5) is 30.2. The maximum Gasteiger partial charge on any atom is 0.239 e. The maximum atomic E-state index is 13.4. The number of hydrogen-bond donors (Lipinski definition) is 0. The fraction of sp³-hybridized carbons (Fsp3) is 0.250. The van der Waals surface area contributed by atoms with Crippen LogP contribution in [0.4, 0.5) is 5.13 Å². The molecule has 2 aromatic heterocycles. The lowest BCUT2D eigenvalue weighted by molar-refractivity contribution is -0.116. The number of anilines is 1. The molecule has 0 bridgehead atoms. The molecule has 0 saturated carbocycles. The van der Waals surface area contributed by atoms with Gasteiger partial charge in [-0.25, -0.2) is 15.0 Å². The molecule has 0 spiro atoms. The second-order valence-electron chi connectivity index (χ2n) is 7.52. The van der Waals surface area contributed by atoms with Crippen LogP contribution in [0.3, 0.4) is 0 Å². The zero-order valence-electron chi connectivity index (χ0n) is 17.0. The Kier molecular flexibility index (Phi) is 5.95. The summed E-state index contributed by atoms with van der Waals surface area (Å²) >= 11 is 3.14. The highest BCUT2D eigenvalue weighted by Gasteiger charge is 2.24. The summed E-state index contributed by atoms with van der Waals surface area (Å²) in [6.07, 6.45) is 6.03. The molecule has 0 atom stereocenters. The van der Waals surface area contributed by atoms with E-state index in [0.29, 0.717) is 12.3 Å². The third-order valence-corrected chi connectivity index (χ3v) is 7.56. The SMILES string of the molecule is O=C(CSc1ncnc2ccccc12)N(Cc1ccccc1)c1nc2c(s1)CCCC2. The van der Waals surface area contributed by atoms with Gasteiger partial charge >= 0.3 is 0 Å². The molecule has 7 heteroatoms. The number of amides is 1. The van der Waals surface area contributed by atoms with Crippen molar-refractivity contribution in [3.8, 4) is 0 Å². The molecule has 31 heavy (non-hydrogen) atoms. The molecule has 0 aliphatic heterocycles. The first-order valence-corrected chi connectivity index (χ1v) is 12.2. The number of nitrogens with zero attached hydrogens (tertiary/aromatic N) is 4. The third kappa shape index (κ3) is 4.48. The van der Waals surface area contributed by atoms with Crippen LogP contribution in [-0.4, -0.2) is 26.6 Å². The number of hydrogen-bond acceptors (Lipinski definition) is 6. The van der Waals surface area contributed by atoms with E-state index in [4.69, 9.17) is 4.98 Å². The Labute approximate surface area is 189 Å². The van der Waals surface area contributed by atoms with Gasteiger partial charge in [-0.05, 0) is 37.3 Å². The van der Waals surface area contributed by atoms with E-state index in [1.807, 2.05) is 47.4 Å². The van der Waals surface area contributed by atoms with E-state index in [9.17, 15) is 4.79 Å². The quantitative estimate of drug-likeness (QED) is 0.297. The number of aromatic nitrogens is 3. The van der Waals surface area contributed by atoms with E-state index in [1.54, 1.807) is 17.7 Å². The van der Waals surface area contributed by atoms with Crippen molar-refractivity contribution in [3.63, 3.8) is 0 Å². The highest BCUT2D eigenvalue weighted by atomic mass is 32.2. The van der Waals surface area contributed by atoms with Gasteiger partial charge in [0.1, 0.15) is 11.4 Å². The summed E-state index contributed by atoms with van der Waals surface area (Å²) in [7, 11) is 0. The number of rotatable bonds is 6. The minimum Gasteiger partial charge on any atom is -0.283 e. The first-order chi connectivity index (χ1) is 15.3. The van der Waals surface area contributed by atoms with Crippen LogP contribution in [0.2, 0.25) is 0 Å². The summed E-state index contributed by atoms with van der Waals surface area (Å²) in [5, 5.41) is 2.62. The molecule has 5 nitrogen and oxygen atoms in total. The topological polar surface area (TPSA) is 59.0 Å².